The molecule has 3 aromatic rings. The number of benzene rings is 1. The fraction of sp³-hybridized carbons (Fsp3) is 0.158. The van der Waals surface area contributed by atoms with E-state index in [1.165, 1.54) is 10.6 Å². The number of anilines is 1. The molecule has 0 aliphatic heterocycles. The van der Waals surface area contributed by atoms with Gasteiger partial charge in [0.2, 0.25) is 0 Å². The number of hydrogen-bond donors (Lipinski definition) is 1. The average Bonchev–Trinajstić information content (AvgIpc) is 2.97. The first kappa shape index (κ1) is 15.8. The first-order chi connectivity index (χ1) is 11.5. The summed E-state index contributed by atoms with van der Waals surface area (Å²) < 4.78 is 7.08. The van der Waals surface area contributed by atoms with Gasteiger partial charge in [0.15, 0.2) is 5.76 Å². The van der Waals surface area contributed by atoms with Crippen LogP contribution in [0.2, 0.25) is 0 Å². The summed E-state index contributed by atoms with van der Waals surface area (Å²) in [6, 6.07) is 14.1. The van der Waals surface area contributed by atoms with Gasteiger partial charge >= 0.3 is 0 Å². The first-order valence-electron chi connectivity index (χ1n) is 7.65. The van der Waals surface area contributed by atoms with E-state index in [0.717, 1.165) is 16.8 Å². The molecule has 0 saturated carbocycles. The number of rotatable bonds is 4. The molecule has 0 saturated heterocycles. The van der Waals surface area contributed by atoms with Gasteiger partial charge in [0.05, 0.1) is 6.54 Å². The molecule has 0 bridgehead atoms. The lowest BCUT2D eigenvalue weighted by atomic mass is 10.1. The fourth-order valence-electron chi connectivity index (χ4n) is 2.58. The van der Waals surface area contributed by atoms with E-state index in [-0.39, 0.29) is 23.8 Å². The number of nitrogens with one attached hydrogen (secondary N) is 1. The summed E-state index contributed by atoms with van der Waals surface area (Å²) in [4.78, 5) is 24.0. The van der Waals surface area contributed by atoms with Crippen molar-refractivity contribution in [1.82, 2.24) is 4.57 Å². The van der Waals surface area contributed by atoms with Gasteiger partial charge in [0.25, 0.3) is 11.5 Å². The molecule has 24 heavy (non-hydrogen) atoms. The maximum atomic E-state index is 12.3. The number of nitrogens with zero attached hydrogens (tertiary/aromatic N) is 1. The largest absolute Gasteiger partial charge is 0.454 e. The summed E-state index contributed by atoms with van der Waals surface area (Å²) >= 11 is 0. The molecule has 2 heterocycles. The average molecular weight is 322 g/mol. The van der Waals surface area contributed by atoms with Crippen molar-refractivity contribution < 1.29 is 9.21 Å². The molecule has 122 valence electrons. The Morgan fingerprint density at radius 3 is 2.54 bits per heavy atom. The summed E-state index contributed by atoms with van der Waals surface area (Å²) in [6.45, 7) is 4.24. The summed E-state index contributed by atoms with van der Waals surface area (Å²) in [5, 5.41) is 2.83. The van der Waals surface area contributed by atoms with Crippen LogP contribution in [0.15, 0.2) is 63.9 Å². The fourth-order valence-corrected chi connectivity index (χ4v) is 2.58. The van der Waals surface area contributed by atoms with Gasteiger partial charge in [-0.25, -0.2) is 0 Å². The molecule has 1 aromatic carbocycles. The number of hydrogen-bond acceptors (Lipinski definition) is 3. The monoisotopic (exact) mass is 322 g/mol. The van der Waals surface area contributed by atoms with Crippen molar-refractivity contribution in [2.75, 3.05) is 5.32 Å². The third kappa shape index (κ3) is 3.63. The number of aromatic nitrogens is 1. The Labute approximate surface area is 139 Å². The highest BCUT2D eigenvalue weighted by Gasteiger charge is 2.12. The van der Waals surface area contributed by atoms with Crippen molar-refractivity contribution in [2.24, 2.45) is 0 Å². The molecule has 1 N–H and O–H groups in total. The van der Waals surface area contributed by atoms with E-state index >= 15 is 0 Å². The van der Waals surface area contributed by atoms with Crippen molar-refractivity contribution in [3.8, 4) is 0 Å². The second-order valence-electron chi connectivity index (χ2n) is 5.76. The smallest absolute Gasteiger partial charge is 0.291 e. The standard InChI is InChI=1S/C19H18N2O3/c1-13-9-14(2)11-15(10-13)20-19(23)17-7-6-16(24-17)12-21-8-4-3-5-18(21)22/h3-11H,12H2,1-2H3,(H,20,23). The van der Waals surface area contributed by atoms with E-state index in [2.05, 4.69) is 5.32 Å². The molecule has 0 aliphatic rings. The van der Waals surface area contributed by atoms with Crippen molar-refractivity contribution in [1.29, 1.82) is 0 Å². The number of carbonyl (C=O) groups is 1. The number of amides is 1. The maximum Gasteiger partial charge on any atom is 0.291 e. The van der Waals surface area contributed by atoms with Gasteiger partial charge < -0.3 is 14.3 Å². The lowest BCUT2D eigenvalue weighted by molar-refractivity contribution is 0.0995. The molecule has 0 aliphatic carbocycles. The molecule has 5 nitrogen and oxygen atoms in total. The molecular weight excluding hydrogens is 304 g/mol. The lowest BCUT2D eigenvalue weighted by Gasteiger charge is -2.06. The van der Waals surface area contributed by atoms with Crippen molar-refractivity contribution >= 4 is 11.6 Å². The Morgan fingerprint density at radius 1 is 1.08 bits per heavy atom. The molecule has 0 spiro atoms. The summed E-state index contributed by atoms with van der Waals surface area (Å²) in [7, 11) is 0. The van der Waals surface area contributed by atoms with Crippen LogP contribution in [-0.4, -0.2) is 10.5 Å². The Morgan fingerprint density at radius 2 is 1.83 bits per heavy atom. The van der Waals surface area contributed by atoms with Gasteiger partial charge in [-0.3, -0.25) is 9.59 Å². The number of pyridine rings is 1. The number of furan rings is 1. The number of carbonyl (C=O) groups excluding carboxylic acids is 1. The van der Waals surface area contributed by atoms with Crippen LogP contribution >= 0.6 is 0 Å². The molecule has 0 atom stereocenters. The summed E-state index contributed by atoms with van der Waals surface area (Å²) in [5.41, 5.74) is 2.77. The third-order valence-electron chi connectivity index (χ3n) is 3.59. The second-order valence-corrected chi connectivity index (χ2v) is 5.76. The van der Waals surface area contributed by atoms with Gasteiger partial charge in [-0.05, 0) is 55.3 Å². The minimum Gasteiger partial charge on any atom is -0.454 e. The SMILES string of the molecule is Cc1cc(C)cc(NC(=O)c2ccc(Cn3ccccc3=O)o2)c1. The van der Waals surface area contributed by atoms with Gasteiger partial charge in [0, 0.05) is 18.0 Å². The topological polar surface area (TPSA) is 64.2 Å². The Bertz CT molecular complexity index is 917. The van der Waals surface area contributed by atoms with E-state index in [1.807, 2.05) is 32.0 Å². The van der Waals surface area contributed by atoms with Gasteiger partial charge in [-0.1, -0.05) is 12.1 Å². The molecule has 0 unspecified atom stereocenters. The predicted octanol–water partition coefficient (Wildman–Crippen LogP) is 3.36. The Hall–Kier alpha value is -3.08. The van der Waals surface area contributed by atoms with E-state index in [0.29, 0.717) is 5.76 Å². The van der Waals surface area contributed by atoms with Crippen LogP contribution in [0.1, 0.15) is 27.4 Å². The minimum absolute atomic E-state index is 0.116. The van der Waals surface area contributed by atoms with Crippen LogP contribution in [0.4, 0.5) is 5.69 Å². The Balaban J connectivity index is 1.74. The molecule has 3 rings (SSSR count). The Kier molecular flexibility index (Phi) is 4.33. The van der Waals surface area contributed by atoms with E-state index < -0.39 is 0 Å². The lowest BCUT2D eigenvalue weighted by Crippen LogP contribution is -2.18. The highest BCUT2D eigenvalue weighted by Crippen LogP contribution is 2.16. The molecular formula is C19H18N2O3. The van der Waals surface area contributed by atoms with Gasteiger partial charge in [0.1, 0.15) is 5.76 Å². The summed E-state index contributed by atoms with van der Waals surface area (Å²) in [5.74, 6) is 0.452. The van der Waals surface area contributed by atoms with Crippen molar-refractivity contribution in [3.05, 3.63) is 87.7 Å². The van der Waals surface area contributed by atoms with E-state index in [1.54, 1.807) is 30.5 Å². The zero-order valence-electron chi connectivity index (χ0n) is 13.6. The highest BCUT2D eigenvalue weighted by molar-refractivity contribution is 6.02. The first-order valence-corrected chi connectivity index (χ1v) is 7.65. The van der Waals surface area contributed by atoms with Crippen molar-refractivity contribution in [3.63, 3.8) is 0 Å². The van der Waals surface area contributed by atoms with Crippen LogP contribution in [0, 0.1) is 13.8 Å². The van der Waals surface area contributed by atoms with Gasteiger partial charge in [-0.15, -0.1) is 0 Å². The highest BCUT2D eigenvalue weighted by atomic mass is 16.4. The van der Waals surface area contributed by atoms with Crippen LogP contribution in [0.25, 0.3) is 0 Å². The quantitative estimate of drug-likeness (QED) is 0.801. The normalized spacial score (nSPS) is 10.6. The predicted molar refractivity (Wildman–Crippen MR) is 92.4 cm³/mol. The maximum absolute atomic E-state index is 12.3. The van der Waals surface area contributed by atoms with Crippen LogP contribution in [0.3, 0.4) is 0 Å². The molecule has 0 fully saturated rings. The molecule has 5 heteroatoms. The zero-order chi connectivity index (χ0) is 17.1. The van der Waals surface area contributed by atoms with Gasteiger partial charge in [-0.2, -0.15) is 0 Å². The molecule has 1 amide bonds. The van der Waals surface area contributed by atoms with Crippen LogP contribution in [-0.2, 0) is 6.54 Å². The minimum atomic E-state index is -0.313. The second kappa shape index (κ2) is 6.58. The van der Waals surface area contributed by atoms with Crippen LogP contribution in [0.5, 0.6) is 0 Å². The third-order valence-corrected chi connectivity index (χ3v) is 3.59. The molecule has 0 radical (unpaired) electrons. The van der Waals surface area contributed by atoms with E-state index in [4.69, 9.17) is 4.42 Å². The van der Waals surface area contributed by atoms with Crippen LogP contribution < -0.4 is 10.9 Å². The zero-order valence-corrected chi connectivity index (χ0v) is 13.6. The molecule has 2 aromatic heterocycles. The number of aryl methyl sites for hydroxylation is 2. The van der Waals surface area contributed by atoms with E-state index in [9.17, 15) is 9.59 Å². The van der Waals surface area contributed by atoms with Crippen molar-refractivity contribution in [2.45, 2.75) is 20.4 Å². The summed E-state index contributed by atoms with van der Waals surface area (Å²) in [6.07, 6.45) is 1.68.